The van der Waals surface area contributed by atoms with Gasteiger partial charge in [0.15, 0.2) is 5.13 Å². The van der Waals surface area contributed by atoms with E-state index >= 15 is 0 Å². The Bertz CT molecular complexity index is 840. The lowest BCUT2D eigenvalue weighted by molar-refractivity contribution is -0.114. The monoisotopic (exact) mass is 301 g/mol. The van der Waals surface area contributed by atoms with Crippen molar-refractivity contribution in [2.45, 2.75) is 11.8 Å². The molecule has 0 fully saturated rings. The highest BCUT2D eigenvalue weighted by molar-refractivity contribution is 7.93. The Morgan fingerprint density at radius 3 is 2.58 bits per heavy atom. The van der Waals surface area contributed by atoms with E-state index in [1.807, 2.05) is 0 Å². The van der Waals surface area contributed by atoms with Gasteiger partial charge in [0.2, 0.25) is 5.91 Å². The fraction of sp³-hybridized carbons (Fsp3) is 0.0909. The lowest BCUT2D eigenvalue weighted by Crippen LogP contribution is -2.13. The number of thiazole rings is 1. The third-order valence-electron chi connectivity index (χ3n) is 1.83. The molecule has 2 N–H and O–H groups in total. The number of anilines is 2. The minimum absolute atomic E-state index is 0.0350. The molecule has 0 atom stereocenters. The first-order valence-electron chi connectivity index (χ1n) is 6.95. The van der Waals surface area contributed by atoms with E-state index in [1.165, 1.54) is 11.6 Å². The Morgan fingerprint density at radius 1 is 1.37 bits per heavy atom. The van der Waals surface area contributed by atoms with Gasteiger partial charge in [-0.3, -0.25) is 9.52 Å². The van der Waals surface area contributed by atoms with E-state index in [4.69, 9.17) is 5.48 Å². The molecule has 0 aliphatic rings. The Hall–Kier alpha value is -1.93. The summed E-state index contributed by atoms with van der Waals surface area (Å²) < 4.78 is 58.0. The summed E-state index contributed by atoms with van der Waals surface area (Å²) in [7, 11) is -4.36. The summed E-state index contributed by atoms with van der Waals surface area (Å²) in [5.74, 6) is -0.595. The quantitative estimate of drug-likeness (QED) is 0.902. The molecular weight excluding hydrogens is 286 g/mol. The van der Waals surface area contributed by atoms with Gasteiger partial charge in [0.05, 0.1) is 10.4 Å². The molecule has 0 aliphatic carbocycles. The summed E-state index contributed by atoms with van der Waals surface area (Å²) in [6, 6.07) is -2.86. The van der Waals surface area contributed by atoms with Gasteiger partial charge in [-0.2, -0.15) is 0 Å². The fourth-order valence-corrected chi connectivity index (χ4v) is 2.76. The molecule has 1 amide bonds. The van der Waals surface area contributed by atoms with Crippen LogP contribution >= 0.6 is 11.3 Å². The Kier molecular flexibility index (Phi) is 2.56. The number of aromatic nitrogens is 1. The second-order valence-electron chi connectivity index (χ2n) is 3.33. The van der Waals surface area contributed by atoms with Crippen molar-refractivity contribution in [2.75, 3.05) is 10.0 Å². The van der Waals surface area contributed by atoms with Crippen molar-refractivity contribution in [3.05, 3.63) is 35.7 Å². The van der Waals surface area contributed by atoms with Crippen LogP contribution in [0.4, 0.5) is 10.8 Å². The first-order chi connectivity index (χ1) is 10.6. The van der Waals surface area contributed by atoms with E-state index in [0.717, 1.165) is 18.3 Å². The van der Waals surface area contributed by atoms with Gasteiger partial charge in [-0.25, -0.2) is 13.4 Å². The van der Waals surface area contributed by atoms with Gasteiger partial charge in [0.25, 0.3) is 10.0 Å². The first-order valence-corrected chi connectivity index (χ1v) is 7.31. The number of carbonyl (C=O) groups excluding carboxylic acids is 1. The maximum absolute atomic E-state index is 12.3. The standard InChI is InChI=1S/C11H11N3O3S2/c1-8(15)13-9-2-4-10(5-3-9)19(16,17)14-11-12-6-7-18-11/h2-7H,1H3,(H,12,14)(H,13,15)/i2D,3D,4D,5D. The van der Waals surface area contributed by atoms with Crippen LogP contribution in [0, 0.1) is 0 Å². The molecule has 0 saturated heterocycles. The molecular formula is C11H11N3O3S2. The number of sulfonamides is 1. The number of nitrogens with zero attached hydrogens (tertiary/aromatic N) is 1. The van der Waals surface area contributed by atoms with Crippen LogP contribution in [0.3, 0.4) is 0 Å². The zero-order chi connectivity index (χ0) is 17.4. The van der Waals surface area contributed by atoms with Crippen LogP contribution in [0.1, 0.15) is 12.4 Å². The van der Waals surface area contributed by atoms with Crippen molar-refractivity contribution in [3.8, 4) is 0 Å². The van der Waals surface area contributed by atoms with Crippen LogP contribution in [0.5, 0.6) is 0 Å². The van der Waals surface area contributed by atoms with Crippen LogP contribution < -0.4 is 10.0 Å². The average Bonchev–Trinajstić information content (AvgIpc) is 2.93. The largest absolute Gasteiger partial charge is 0.326 e. The van der Waals surface area contributed by atoms with E-state index in [1.54, 1.807) is 0 Å². The number of hydrogen-bond acceptors (Lipinski definition) is 5. The molecule has 19 heavy (non-hydrogen) atoms. The fourth-order valence-electron chi connectivity index (χ4n) is 1.11. The van der Waals surface area contributed by atoms with Crippen molar-refractivity contribution >= 4 is 38.1 Å². The van der Waals surface area contributed by atoms with Gasteiger partial charge in [0, 0.05) is 24.2 Å². The molecule has 0 radical (unpaired) electrons. The predicted octanol–water partition coefficient (Wildman–Crippen LogP) is 1.90. The molecule has 0 aliphatic heterocycles. The van der Waals surface area contributed by atoms with Crippen molar-refractivity contribution in [2.24, 2.45) is 0 Å². The molecule has 6 nitrogen and oxygen atoms in total. The molecule has 0 bridgehead atoms. The highest BCUT2D eigenvalue weighted by Gasteiger charge is 2.15. The topological polar surface area (TPSA) is 88.2 Å². The first kappa shape index (κ1) is 9.05. The zero-order valence-corrected chi connectivity index (χ0v) is 11.3. The molecule has 1 heterocycles. The van der Waals surface area contributed by atoms with Gasteiger partial charge >= 0.3 is 0 Å². The Morgan fingerprint density at radius 2 is 2.05 bits per heavy atom. The van der Waals surface area contributed by atoms with Crippen molar-refractivity contribution in [3.63, 3.8) is 0 Å². The van der Waals surface area contributed by atoms with Gasteiger partial charge < -0.3 is 5.32 Å². The molecule has 100 valence electrons. The zero-order valence-electron chi connectivity index (χ0n) is 13.6. The second-order valence-corrected chi connectivity index (χ2v) is 5.84. The molecule has 1 aromatic heterocycles. The summed E-state index contributed by atoms with van der Waals surface area (Å²) >= 11 is 1.00. The summed E-state index contributed by atoms with van der Waals surface area (Å²) in [6.07, 6.45) is 1.37. The Balaban J connectivity index is 2.62. The highest BCUT2D eigenvalue weighted by atomic mass is 32.2. The summed E-state index contributed by atoms with van der Waals surface area (Å²) in [4.78, 5) is 14.0. The number of rotatable bonds is 4. The third-order valence-corrected chi connectivity index (χ3v) is 3.85. The smallest absolute Gasteiger partial charge is 0.263 e. The van der Waals surface area contributed by atoms with Gasteiger partial charge in [-0.05, 0) is 24.2 Å². The SMILES string of the molecule is [2H]c1c([2H])c(S(=O)(=O)Nc2nccs2)c([2H])c([2H])c1NC(C)=O. The van der Waals surface area contributed by atoms with Crippen molar-refractivity contribution < 1.29 is 18.7 Å². The van der Waals surface area contributed by atoms with E-state index < -0.39 is 45.0 Å². The summed E-state index contributed by atoms with van der Waals surface area (Å²) in [5, 5.41) is 3.74. The van der Waals surface area contributed by atoms with Crippen LogP contribution in [-0.4, -0.2) is 19.3 Å². The number of nitrogens with one attached hydrogen (secondary N) is 2. The third kappa shape index (κ3) is 3.52. The van der Waals surface area contributed by atoms with Crippen LogP contribution in [0.2, 0.25) is 0 Å². The summed E-state index contributed by atoms with van der Waals surface area (Å²) in [6.45, 7) is 1.14. The van der Waals surface area contributed by atoms with Crippen LogP contribution in [0.25, 0.3) is 0 Å². The van der Waals surface area contributed by atoms with E-state index in [-0.39, 0.29) is 10.8 Å². The van der Waals surface area contributed by atoms with Gasteiger partial charge in [0.1, 0.15) is 0 Å². The predicted molar refractivity (Wildman–Crippen MR) is 73.7 cm³/mol. The maximum Gasteiger partial charge on any atom is 0.263 e. The van der Waals surface area contributed by atoms with Crippen molar-refractivity contribution in [1.82, 2.24) is 4.98 Å². The molecule has 0 saturated carbocycles. The molecule has 0 unspecified atom stereocenters. The molecule has 8 heteroatoms. The molecule has 2 aromatic rings. The highest BCUT2D eigenvalue weighted by Crippen LogP contribution is 2.19. The number of benzene rings is 1. The molecule has 2 rings (SSSR count). The van der Waals surface area contributed by atoms with Crippen LogP contribution in [0.15, 0.2) is 40.6 Å². The lowest BCUT2D eigenvalue weighted by Gasteiger charge is -2.06. The number of amides is 1. The minimum Gasteiger partial charge on any atom is -0.326 e. The minimum atomic E-state index is -4.36. The molecule has 1 aromatic carbocycles. The van der Waals surface area contributed by atoms with E-state index in [9.17, 15) is 13.2 Å². The second kappa shape index (κ2) is 5.37. The molecule has 0 spiro atoms. The maximum atomic E-state index is 12.3. The lowest BCUT2D eigenvalue weighted by atomic mass is 10.3. The number of carbonyl (C=O) groups is 1. The van der Waals surface area contributed by atoms with Crippen molar-refractivity contribution in [1.29, 1.82) is 0 Å². The number of hydrogen-bond donors (Lipinski definition) is 2. The Labute approximate surface area is 120 Å². The normalized spacial score (nSPS) is 13.9. The van der Waals surface area contributed by atoms with Gasteiger partial charge in [-0.15, -0.1) is 11.3 Å². The van der Waals surface area contributed by atoms with Crippen LogP contribution in [-0.2, 0) is 14.8 Å². The van der Waals surface area contributed by atoms with E-state index in [2.05, 4.69) is 15.0 Å². The average molecular weight is 301 g/mol. The summed E-state index contributed by atoms with van der Waals surface area (Å²) in [5.41, 5.74) is -0.374. The van der Waals surface area contributed by atoms with Gasteiger partial charge in [-0.1, -0.05) is 0 Å². The van der Waals surface area contributed by atoms with E-state index in [0.29, 0.717) is 0 Å².